The SMILES string of the molecule is CCCCc1ccc(N)c(N/C(=N/C#N)Oc2ccccc2)c1. The number of rotatable bonds is 5. The van der Waals surface area contributed by atoms with Gasteiger partial charge in [-0.05, 0) is 42.7 Å². The summed E-state index contributed by atoms with van der Waals surface area (Å²) in [6.45, 7) is 2.15. The summed E-state index contributed by atoms with van der Waals surface area (Å²) in [5.74, 6) is 0.592. The molecule has 0 saturated carbocycles. The summed E-state index contributed by atoms with van der Waals surface area (Å²) >= 11 is 0. The lowest BCUT2D eigenvalue weighted by molar-refractivity contribution is 0.549. The van der Waals surface area contributed by atoms with Crippen LogP contribution in [0.1, 0.15) is 25.3 Å². The fraction of sp³-hybridized carbons (Fsp3) is 0.222. The van der Waals surface area contributed by atoms with Gasteiger partial charge in [0.2, 0.25) is 6.19 Å². The number of nitrogens with two attached hydrogens (primary N) is 1. The van der Waals surface area contributed by atoms with Crippen LogP contribution in [0.3, 0.4) is 0 Å². The number of anilines is 2. The van der Waals surface area contributed by atoms with Crippen LogP contribution in [0, 0.1) is 11.5 Å². The molecule has 0 fully saturated rings. The molecule has 0 unspecified atom stereocenters. The summed E-state index contributed by atoms with van der Waals surface area (Å²) in [5, 5.41) is 11.8. The summed E-state index contributed by atoms with van der Waals surface area (Å²) in [5.41, 5.74) is 8.44. The van der Waals surface area contributed by atoms with Gasteiger partial charge in [-0.25, -0.2) is 0 Å². The average Bonchev–Trinajstić information content (AvgIpc) is 2.56. The Bertz CT molecular complexity index is 705. The van der Waals surface area contributed by atoms with Crippen molar-refractivity contribution in [1.82, 2.24) is 0 Å². The number of amidine groups is 1. The van der Waals surface area contributed by atoms with E-state index in [4.69, 9.17) is 15.7 Å². The van der Waals surface area contributed by atoms with Crippen LogP contribution in [0.15, 0.2) is 53.5 Å². The highest BCUT2D eigenvalue weighted by Gasteiger charge is 2.07. The summed E-state index contributed by atoms with van der Waals surface area (Å²) in [4.78, 5) is 3.68. The van der Waals surface area contributed by atoms with Crippen LogP contribution in [0.25, 0.3) is 0 Å². The quantitative estimate of drug-likeness (QED) is 0.379. The van der Waals surface area contributed by atoms with Crippen molar-refractivity contribution in [3.05, 3.63) is 54.1 Å². The van der Waals surface area contributed by atoms with E-state index in [9.17, 15) is 0 Å². The maximum atomic E-state index is 8.84. The number of nitrogens with zero attached hydrogens (tertiary/aromatic N) is 2. The Morgan fingerprint density at radius 2 is 2.04 bits per heavy atom. The number of aryl methyl sites for hydroxylation is 1. The second kappa shape index (κ2) is 8.44. The zero-order chi connectivity index (χ0) is 16.5. The van der Waals surface area contributed by atoms with Gasteiger partial charge in [0.1, 0.15) is 5.75 Å². The molecule has 3 N–H and O–H groups in total. The molecule has 5 nitrogen and oxygen atoms in total. The molecule has 0 amide bonds. The van der Waals surface area contributed by atoms with Crippen LogP contribution >= 0.6 is 0 Å². The van der Waals surface area contributed by atoms with Gasteiger partial charge in [-0.2, -0.15) is 5.26 Å². The highest BCUT2D eigenvalue weighted by molar-refractivity contribution is 5.94. The highest BCUT2D eigenvalue weighted by Crippen LogP contribution is 2.22. The van der Waals surface area contributed by atoms with E-state index in [2.05, 4.69) is 17.2 Å². The summed E-state index contributed by atoms with van der Waals surface area (Å²) in [6, 6.07) is 15.1. The van der Waals surface area contributed by atoms with Gasteiger partial charge in [0.05, 0.1) is 11.4 Å². The summed E-state index contributed by atoms with van der Waals surface area (Å²) in [7, 11) is 0. The molecule has 0 spiro atoms. The monoisotopic (exact) mass is 308 g/mol. The standard InChI is InChI=1S/C18H20N4O/c1-2-3-7-14-10-11-16(20)17(12-14)22-18(21-13-19)23-15-8-5-4-6-9-15/h4-6,8-12H,2-3,7,20H2,1H3,(H,21,22). The van der Waals surface area contributed by atoms with Crippen molar-refractivity contribution in [2.24, 2.45) is 4.99 Å². The Morgan fingerprint density at radius 1 is 1.26 bits per heavy atom. The van der Waals surface area contributed by atoms with Crippen molar-refractivity contribution in [1.29, 1.82) is 5.26 Å². The van der Waals surface area contributed by atoms with Gasteiger partial charge in [0.15, 0.2) is 0 Å². The van der Waals surface area contributed by atoms with E-state index in [1.54, 1.807) is 18.3 Å². The highest BCUT2D eigenvalue weighted by atomic mass is 16.5. The first kappa shape index (κ1) is 16.4. The smallest absolute Gasteiger partial charge is 0.310 e. The second-order valence-corrected chi connectivity index (χ2v) is 5.08. The lowest BCUT2D eigenvalue weighted by atomic mass is 10.1. The van der Waals surface area contributed by atoms with Gasteiger partial charge in [-0.15, -0.1) is 4.99 Å². The normalized spacial score (nSPS) is 10.9. The number of para-hydroxylation sites is 1. The van der Waals surface area contributed by atoms with Gasteiger partial charge >= 0.3 is 6.02 Å². The largest absolute Gasteiger partial charge is 0.425 e. The molecule has 0 aromatic heterocycles. The maximum Gasteiger partial charge on any atom is 0.310 e. The predicted molar refractivity (Wildman–Crippen MR) is 93.2 cm³/mol. The van der Waals surface area contributed by atoms with Crippen molar-refractivity contribution in [2.45, 2.75) is 26.2 Å². The molecule has 2 aromatic rings. The Labute approximate surface area is 136 Å². The van der Waals surface area contributed by atoms with Crippen LogP contribution in [-0.4, -0.2) is 6.02 Å². The third kappa shape index (κ3) is 5.04. The average molecular weight is 308 g/mol. The first-order valence-corrected chi connectivity index (χ1v) is 7.58. The molecular formula is C18H20N4O. The van der Waals surface area contributed by atoms with Crippen molar-refractivity contribution in [3.63, 3.8) is 0 Å². The molecule has 0 saturated heterocycles. The lowest BCUT2D eigenvalue weighted by Crippen LogP contribution is -2.20. The van der Waals surface area contributed by atoms with E-state index in [0.29, 0.717) is 17.1 Å². The minimum absolute atomic E-state index is 0.0954. The number of aliphatic imine (C=N–C) groups is 1. The molecule has 118 valence electrons. The second-order valence-electron chi connectivity index (χ2n) is 5.08. The molecule has 23 heavy (non-hydrogen) atoms. The molecule has 0 heterocycles. The van der Waals surface area contributed by atoms with Crippen LogP contribution in [0.5, 0.6) is 5.75 Å². The fourth-order valence-electron chi connectivity index (χ4n) is 2.09. The van der Waals surface area contributed by atoms with Crippen LogP contribution < -0.4 is 15.8 Å². The van der Waals surface area contributed by atoms with Gasteiger partial charge in [-0.3, -0.25) is 0 Å². The van der Waals surface area contributed by atoms with Crippen molar-refractivity contribution >= 4 is 17.4 Å². The fourth-order valence-corrected chi connectivity index (χ4v) is 2.09. The molecule has 2 rings (SSSR count). The van der Waals surface area contributed by atoms with Gasteiger partial charge < -0.3 is 15.8 Å². The topological polar surface area (TPSA) is 83.4 Å². The molecule has 0 aliphatic heterocycles. The van der Waals surface area contributed by atoms with Crippen LogP contribution in [-0.2, 0) is 6.42 Å². The van der Waals surface area contributed by atoms with E-state index in [1.807, 2.05) is 36.4 Å². The van der Waals surface area contributed by atoms with Gasteiger partial charge in [-0.1, -0.05) is 37.6 Å². The minimum atomic E-state index is 0.0954. The van der Waals surface area contributed by atoms with E-state index in [-0.39, 0.29) is 6.02 Å². The molecule has 0 aliphatic rings. The van der Waals surface area contributed by atoms with Crippen LogP contribution in [0.2, 0.25) is 0 Å². The first-order valence-electron chi connectivity index (χ1n) is 7.58. The van der Waals surface area contributed by atoms with Crippen molar-refractivity contribution in [2.75, 3.05) is 11.1 Å². The maximum absolute atomic E-state index is 8.84. The number of hydrogen-bond donors (Lipinski definition) is 2. The number of benzene rings is 2. The molecule has 0 atom stereocenters. The number of nitrogen functional groups attached to an aromatic ring is 1. The number of ether oxygens (including phenoxy) is 1. The molecule has 0 radical (unpaired) electrons. The third-order valence-corrected chi connectivity index (χ3v) is 3.29. The van der Waals surface area contributed by atoms with Gasteiger partial charge in [0, 0.05) is 0 Å². The zero-order valence-electron chi connectivity index (χ0n) is 13.1. The Morgan fingerprint density at radius 3 is 2.74 bits per heavy atom. The molecule has 0 bridgehead atoms. The predicted octanol–water partition coefficient (Wildman–Crippen LogP) is 3.94. The van der Waals surface area contributed by atoms with E-state index < -0.39 is 0 Å². The van der Waals surface area contributed by atoms with E-state index >= 15 is 0 Å². The van der Waals surface area contributed by atoms with Crippen molar-refractivity contribution < 1.29 is 4.74 Å². The minimum Gasteiger partial charge on any atom is -0.425 e. The first-order chi connectivity index (χ1) is 11.2. The molecule has 2 aromatic carbocycles. The Balaban J connectivity index is 2.17. The molecule has 5 heteroatoms. The number of nitrogens with one attached hydrogen (secondary N) is 1. The van der Waals surface area contributed by atoms with E-state index in [0.717, 1.165) is 19.3 Å². The number of hydrogen-bond acceptors (Lipinski definition) is 4. The van der Waals surface area contributed by atoms with Gasteiger partial charge in [0.25, 0.3) is 0 Å². The lowest BCUT2D eigenvalue weighted by Gasteiger charge is -2.13. The third-order valence-electron chi connectivity index (χ3n) is 3.29. The van der Waals surface area contributed by atoms with E-state index in [1.165, 1.54) is 5.56 Å². The number of unbranched alkanes of at least 4 members (excludes halogenated alkanes) is 1. The Hall–Kier alpha value is -3.00. The summed E-state index contributed by atoms with van der Waals surface area (Å²) < 4.78 is 5.60. The molecule has 0 aliphatic carbocycles. The van der Waals surface area contributed by atoms with Crippen LogP contribution in [0.4, 0.5) is 11.4 Å². The van der Waals surface area contributed by atoms with Crippen molar-refractivity contribution in [3.8, 4) is 11.9 Å². The number of nitriles is 1. The summed E-state index contributed by atoms with van der Waals surface area (Å²) in [6.07, 6.45) is 4.96. The zero-order valence-corrected chi connectivity index (χ0v) is 13.1. The molecular weight excluding hydrogens is 288 g/mol. The Kier molecular flexibility index (Phi) is 6.01.